The Bertz CT molecular complexity index is 1580. The number of β-amino-alcohol motifs (C(OH)–C–C–N with tert-alkyl or cyclic N) is 1. The molecule has 206 valence electrons. The lowest BCUT2D eigenvalue weighted by Gasteiger charge is -2.37. The van der Waals surface area contributed by atoms with Crippen LogP contribution in [-0.2, 0) is 6.18 Å². The third-order valence-corrected chi connectivity index (χ3v) is 6.63. The topological polar surface area (TPSA) is 129 Å². The molecule has 1 aliphatic rings. The molecule has 13 heteroatoms. The number of aromatic nitrogens is 4. The van der Waals surface area contributed by atoms with E-state index < -0.39 is 35.5 Å². The molecule has 0 unspecified atom stereocenters. The lowest BCUT2D eigenvalue weighted by Crippen LogP contribution is -2.54. The van der Waals surface area contributed by atoms with Crippen LogP contribution < -0.4 is 15.0 Å². The highest BCUT2D eigenvalue weighted by molar-refractivity contribution is 5.94. The van der Waals surface area contributed by atoms with Gasteiger partial charge in [-0.05, 0) is 43.7 Å². The number of amides is 1. The standard InChI is InChI=1S/C27H24F3N7O3/c1-2-40-18-10-19(25-17(11-31)13-34-37(25)14-18)16-5-6-23(33-12-16)36-9-7-21(22(38)15-36)35-26(39)24-20(27(28,29)30)4-3-8-32-24/h3-6,8,10,12-14,21-22,38H,2,7,9,15H2,1H3,(H,35,39)/t21-,22-/m0/s1. The van der Waals surface area contributed by atoms with Gasteiger partial charge in [-0.2, -0.15) is 23.5 Å². The molecule has 2 N–H and O–H groups in total. The van der Waals surface area contributed by atoms with Gasteiger partial charge in [-0.15, -0.1) is 0 Å². The highest BCUT2D eigenvalue weighted by Crippen LogP contribution is 2.33. The SMILES string of the molecule is CCOc1cc(-c2ccc(N3CC[C@H](NC(=O)c4ncccc4C(F)(F)F)[C@@H](O)C3)nc2)c2c(C#N)cnn2c1. The number of nitriles is 1. The van der Waals surface area contributed by atoms with E-state index in [1.807, 2.05) is 24.0 Å². The number of alkyl halides is 3. The second-order valence-electron chi connectivity index (χ2n) is 9.17. The molecule has 1 saturated heterocycles. The number of aliphatic hydroxyl groups is 1. The van der Waals surface area contributed by atoms with Crippen LogP contribution in [0.5, 0.6) is 5.75 Å². The number of carbonyl (C=O) groups excluding carboxylic acids is 1. The lowest BCUT2D eigenvalue weighted by molar-refractivity contribution is -0.138. The van der Waals surface area contributed by atoms with Crippen molar-refractivity contribution in [3.63, 3.8) is 0 Å². The molecule has 0 aromatic carbocycles. The molecule has 0 aliphatic carbocycles. The quantitative estimate of drug-likeness (QED) is 0.373. The number of hydrogen-bond acceptors (Lipinski definition) is 8. The minimum absolute atomic E-state index is 0.108. The van der Waals surface area contributed by atoms with Crippen molar-refractivity contribution < 1.29 is 27.8 Å². The number of nitrogens with one attached hydrogen (secondary N) is 1. The molecule has 2 atom stereocenters. The number of fused-ring (bicyclic) bond motifs is 1. The van der Waals surface area contributed by atoms with E-state index in [-0.39, 0.29) is 13.0 Å². The zero-order valence-corrected chi connectivity index (χ0v) is 21.3. The van der Waals surface area contributed by atoms with Gasteiger partial charge >= 0.3 is 6.18 Å². The summed E-state index contributed by atoms with van der Waals surface area (Å²) in [7, 11) is 0. The third kappa shape index (κ3) is 5.26. The number of aliphatic hydroxyl groups excluding tert-OH is 1. The van der Waals surface area contributed by atoms with E-state index >= 15 is 0 Å². The second kappa shape index (κ2) is 10.8. The van der Waals surface area contributed by atoms with Crippen molar-refractivity contribution in [1.29, 1.82) is 5.26 Å². The first-order valence-electron chi connectivity index (χ1n) is 12.5. The number of anilines is 1. The normalized spacial score (nSPS) is 17.4. The highest BCUT2D eigenvalue weighted by Gasteiger charge is 2.37. The molecule has 4 aromatic heterocycles. The number of nitrogens with zero attached hydrogens (tertiary/aromatic N) is 6. The van der Waals surface area contributed by atoms with Crippen LogP contribution in [-0.4, -0.2) is 62.4 Å². The van der Waals surface area contributed by atoms with Crippen molar-refractivity contribution in [2.24, 2.45) is 0 Å². The van der Waals surface area contributed by atoms with Crippen LogP contribution in [0.1, 0.15) is 35.0 Å². The summed E-state index contributed by atoms with van der Waals surface area (Å²) in [6.07, 6.45) is 0.448. The summed E-state index contributed by atoms with van der Waals surface area (Å²) in [6, 6.07) is 8.73. The average molecular weight is 552 g/mol. The van der Waals surface area contributed by atoms with Crippen molar-refractivity contribution in [3.8, 4) is 22.9 Å². The summed E-state index contributed by atoms with van der Waals surface area (Å²) < 4.78 is 47.1. The summed E-state index contributed by atoms with van der Waals surface area (Å²) in [5.74, 6) is 0.162. The van der Waals surface area contributed by atoms with Gasteiger partial charge in [0.15, 0.2) is 0 Å². The van der Waals surface area contributed by atoms with Crippen molar-refractivity contribution in [2.75, 3.05) is 24.6 Å². The largest absolute Gasteiger partial charge is 0.492 e. The summed E-state index contributed by atoms with van der Waals surface area (Å²) in [4.78, 5) is 22.6. The van der Waals surface area contributed by atoms with Crippen LogP contribution in [0.3, 0.4) is 0 Å². The maximum Gasteiger partial charge on any atom is 0.418 e. The van der Waals surface area contributed by atoms with Gasteiger partial charge in [-0.25, -0.2) is 9.50 Å². The lowest BCUT2D eigenvalue weighted by atomic mass is 10.0. The Labute approximate surface area is 226 Å². The maximum absolute atomic E-state index is 13.3. The predicted molar refractivity (Wildman–Crippen MR) is 138 cm³/mol. The van der Waals surface area contributed by atoms with Gasteiger partial charge in [0.1, 0.15) is 23.3 Å². The Hall–Kier alpha value is -4.70. The molecule has 5 heterocycles. The third-order valence-electron chi connectivity index (χ3n) is 6.63. The fraction of sp³-hybridized carbons (Fsp3) is 0.296. The number of rotatable bonds is 6. The van der Waals surface area contributed by atoms with Crippen molar-refractivity contribution >= 4 is 17.2 Å². The molecule has 10 nitrogen and oxygen atoms in total. The van der Waals surface area contributed by atoms with Gasteiger partial charge in [0.2, 0.25) is 0 Å². The molecule has 4 aromatic rings. The molecule has 0 bridgehead atoms. The number of hydrogen-bond donors (Lipinski definition) is 2. The van der Waals surface area contributed by atoms with Gasteiger partial charge in [-0.3, -0.25) is 9.78 Å². The van der Waals surface area contributed by atoms with E-state index in [4.69, 9.17) is 4.74 Å². The van der Waals surface area contributed by atoms with E-state index in [2.05, 4.69) is 26.5 Å². The second-order valence-corrected chi connectivity index (χ2v) is 9.17. The minimum atomic E-state index is -4.73. The van der Waals surface area contributed by atoms with E-state index in [0.717, 1.165) is 23.9 Å². The van der Waals surface area contributed by atoms with E-state index in [0.29, 0.717) is 41.4 Å². The van der Waals surface area contributed by atoms with Crippen molar-refractivity contribution in [3.05, 3.63) is 71.9 Å². The monoisotopic (exact) mass is 551 g/mol. The molecule has 0 spiro atoms. The summed E-state index contributed by atoms with van der Waals surface area (Å²) >= 11 is 0. The molecule has 1 aliphatic heterocycles. The Morgan fingerprint density at radius 3 is 2.77 bits per heavy atom. The molecule has 1 fully saturated rings. The van der Waals surface area contributed by atoms with Gasteiger partial charge in [0.05, 0.1) is 47.8 Å². The fourth-order valence-corrected chi connectivity index (χ4v) is 4.74. The number of piperidine rings is 1. The highest BCUT2D eigenvalue weighted by atomic mass is 19.4. The minimum Gasteiger partial charge on any atom is -0.492 e. The molecule has 1 amide bonds. The van der Waals surface area contributed by atoms with E-state index in [1.165, 1.54) is 6.20 Å². The smallest absolute Gasteiger partial charge is 0.418 e. The first-order valence-corrected chi connectivity index (χ1v) is 12.5. The van der Waals surface area contributed by atoms with Crippen LogP contribution in [0, 0.1) is 11.3 Å². The number of halogens is 3. The average Bonchev–Trinajstić information content (AvgIpc) is 3.36. The Kier molecular flexibility index (Phi) is 7.27. The molecule has 40 heavy (non-hydrogen) atoms. The molecular weight excluding hydrogens is 527 g/mol. The van der Waals surface area contributed by atoms with Gasteiger partial charge in [0.25, 0.3) is 5.91 Å². The number of pyridine rings is 3. The molecule has 0 radical (unpaired) electrons. The Morgan fingerprint density at radius 2 is 2.10 bits per heavy atom. The Morgan fingerprint density at radius 1 is 1.27 bits per heavy atom. The van der Waals surface area contributed by atoms with E-state index in [9.17, 15) is 28.3 Å². The van der Waals surface area contributed by atoms with E-state index in [1.54, 1.807) is 23.0 Å². The Balaban J connectivity index is 1.31. The van der Waals surface area contributed by atoms with Crippen LogP contribution in [0.4, 0.5) is 19.0 Å². The molecular formula is C27H24F3N7O3. The molecule has 5 rings (SSSR count). The zero-order chi connectivity index (χ0) is 28.4. The van der Waals surface area contributed by atoms with Crippen molar-refractivity contribution in [2.45, 2.75) is 31.7 Å². The van der Waals surface area contributed by atoms with Gasteiger partial charge in [-0.1, -0.05) is 0 Å². The maximum atomic E-state index is 13.3. The van der Waals surface area contributed by atoms with Crippen LogP contribution >= 0.6 is 0 Å². The van der Waals surface area contributed by atoms with Crippen LogP contribution in [0.25, 0.3) is 16.6 Å². The number of ether oxygens (including phenoxy) is 1. The van der Waals surface area contributed by atoms with Crippen molar-refractivity contribution in [1.82, 2.24) is 24.9 Å². The summed E-state index contributed by atoms with van der Waals surface area (Å²) in [5.41, 5.74) is 0.600. The molecule has 0 saturated carbocycles. The first-order chi connectivity index (χ1) is 19.2. The van der Waals surface area contributed by atoms with Crippen LogP contribution in [0.2, 0.25) is 0 Å². The summed E-state index contributed by atoms with van der Waals surface area (Å²) in [6.45, 7) is 2.83. The van der Waals surface area contributed by atoms with Gasteiger partial charge < -0.3 is 20.1 Å². The van der Waals surface area contributed by atoms with Gasteiger partial charge in [0, 0.05) is 36.6 Å². The first kappa shape index (κ1) is 26.9. The zero-order valence-electron chi connectivity index (χ0n) is 21.3. The fourth-order valence-electron chi connectivity index (χ4n) is 4.74. The summed E-state index contributed by atoms with van der Waals surface area (Å²) in [5, 5.41) is 27.0. The predicted octanol–water partition coefficient (Wildman–Crippen LogP) is 3.45. The number of carbonyl (C=O) groups is 1. The van der Waals surface area contributed by atoms with Crippen LogP contribution in [0.15, 0.2) is 55.1 Å².